The monoisotopic (exact) mass is 376 g/mol. The van der Waals surface area contributed by atoms with Crippen LogP contribution in [0.2, 0.25) is 0 Å². The van der Waals surface area contributed by atoms with Gasteiger partial charge >= 0.3 is 0 Å². The lowest BCUT2D eigenvalue weighted by Gasteiger charge is -2.35. The standard InChI is InChI=1S/C19H25FN4OS/c1-21-19(22-12-15-5-10-26-14-15)23-13-18(24-6-8-25-9-7-24)16-3-2-4-17(20)11-16/h2-5,10-11,14,18H,6-9,12-13H2,1H3,(H2,21,22,23). The molecule has 0 aliphatic carbocycles. The zero-order valence-corrected chi connectivity index (χ0v) is 15.8. The molecule has 0 saturated carbocycles. The molecule has 2 heterocycles. The molecule has 0 bridgehead atoms. The van der Waals surface area contributed by atoms with Crippen molar-refractivity contribution in [1.82, 2.24) is 15.5 Å². The quantitative estimate of drug-likeness (QED) is 0.601. The minimum atomic E-state index is -0.208. The molecule has 1 aromatic heterocycles. The van der Waals surface area contributed by atoms with Crippen LogP contribution in [0.25, 0.3) is 0 Å². The molecule has 5 nitrogen and oxygen atoms in total. The van der Waals surface area contributed by atoms with Gasteiger partial charge in [-0.3, -0.25) is 9.89 Å². The summed E-state index contributed by atoms with van der Waals surface area (Å²) in [7, 11) is 1.76. The second-order valence-corrected chi connectivity index (χ2v) is 6.94. The maximum atomic E-state index is 13.7. The maximum absolute atomic E-state index is 13.7. The summed E-state index contributed by atoms with van der Waals surface area (Å²) in [6.45, 7) is 4.46. The molecule has 0 radical (unpaired) electrons. The molecular formula is C19H25FN4OS. The molecule has 1 aliphatic rings. The second-order valence-electron chi connectivity index (χ2n) is 6.16. The van der Waals surface area contributed by atoms with Crippen molar-refractivity contribution < 1.29 is 9.13 Å². The fraction of sp³-hybridized carbons (Fsp3) is 0.421. The molecule has 1 aromatic carbocycles. The number of guanidine groups is 1. The molecule has 140 valence electrons. The van der Waals surface area contributed by atoms with Gasteiger partial charge < -0.3 is 15.4 Å². The summed E-state index contributed by atoms with van der Waals surface area (Å²) in [5.41, 5.74) is 2.19. The summed E-state index contributed by atoms with van der Waals surface area (Å²) < 4.78 is 19.2. The van der Waals surface area contributed by atoms with E-state index in [1.165, 1.54) is 11.6 Å². The van der Waals surface area contributed by atoms with E-state index in [1.807, 2.05) is 6.07 Å². The highest BCUT2D eigenvalue weighted by atomic mass is 32.1. The summed E-state index contributed by atoms with van der Waals surface area (Å²) in [5, 5.41) is 10.9. The molecular weight excluding hydrogens is 351 g/mol. The Bertz CT molecular complexity index is 701. The minimum Gasteiger partial charge on any atom is -0.379 e. The first-order valence-corrected chi connectivity index (χ1v) is 9.73. The largest absolute Gasteiger partial charge is 0.379 e. The smallest absolute Gasteiger partial charge is 0.191 e. The highest BCUT2D eigenvalue weighted by Gasteiger charge is 2.23. The van der Waals surface area contributed by atoms with Crippen LogP contribution < -0.4 is 10.6 Å². The third-order valence-electron chi connectivity index (χ3n) is 4.45. The number of thiophene rings is 1. The number of rotatable bonds is 6. The Hall–Kier alpha value is -1.96. The first kappa shape index (κ1) is 18.8. The van der Waals surface area contributed by atoms with E-state index in [9.17, 15) is 4.39 Å². The maximum Gasteiger partial charge on any atom is 0.191 e. The van der Waals surface area contributed by atoms with Crippen molar-refractivity contribution in [2.24, 2.45) is 4.99 Å². The molecule has 2 aromatic rings. The number of ether oxygens (including phenoxy) is 1. The Balaban J connectivity index is 1.64. The van der Waals surface area contributed by atoms with Crippen LogP contribution in [-0.2, 0) is 11.3 Å². The van der Waals surface area contributed by atoms with Crippen molar-refractivity contribution in [1.29, 1.82) is 0 Å². The average Bonchev–Trinajstić information content (AvgIpc) is 3.19. The van der Waals surface area contributed by atoms with Gasteiger partial charge in [0.05, 0.1) is 19.3 Å². The van der Waals surface area contributed by atoms with Crippen molar-refractivity contribution in [3.63, 3.8) is 0 Å². The third-order valence-corrected chi connectivity index (χ3v) is 5.18. The molecule has 1 fully saturated rings. The summed E-state index contributed by atoms with van der Waals surface area (Å²) in [6, 6.07) is 9.00. The van der Waals surface area contributed by atoms with Crippen LogP contribution in [0.3, 0.4) is 0 Å². The average molecular weight is 377 g/mol. The van der Waals surface area contributed by atoms with E-state index in [1.54, 1.807) is 30.5 Å². The van der Waals surface area contributed by atoms with E-state index in [0.717, 1.165) is 31.2 Å². The van der Waals surface area contributed by atoms with Crippen molar-refractivity contribution in [3.8, 4) is 0 Å². The van der Waals surface area contributed by atoms with Crippen LogP contribution in [-0.4, -0.2) is 50.8 Å². The van der Waals surface area contributed by atoms with Gasteiger partial charge in [0.1, 0.15) is 5.82 Å². The lowest BCUT2D eigenvalue weighted by atomic mass is 10.0. The van der Waals surface area contributed by atoms with Gasteiger partial charge in [-0.25, -0.2) is 4.39 Å². The summed E-state index contributed by atoms with van der Waals surface area (Å²) >= 11 is 1.68. The SMILES string of the molecule is CN=C(NCc1ccsc1)NCC(c1cccc(F)c1)N1CCOCC1. The summed E-state index contributed by atoms with van der Waals surface area (Å²) in [4.78, 5) is 6.63. The topological polar surface area (TPSA) is 48.9 Å². The highest BCUT2D eigenvalue weighted by Crippen LogP contribution is 2.22. The zero-order valence-electron chi connectivity index (χ0n) is 15.0. The predicted octanol–water partition coefficient (Wildman–Crippen LogP) is 2.63. The molecule has 3 rings (SSSR count). The van der Waals surface area contributed by atoms with Crippen LogP contribution in [0.5, 0.6) is 0 Å². The summed E-state index contributed by atoms with van der Waals surface area (Å²) in [6.07, 6.45) is 0. The van der Waals surface area contributed by atoms with Crippen molar-refractivity contribution in [2.45, 2.75) is 12.6 Å². The fourth-order valence-corrected chi connectivity index (χ4v) is 3.72. The zero-order chi connectivity index (χ0) is 18.2. The molecule has 0 spiro atoms. The van der Waals surface area contributed by atoms with E-state index in [-0.39, 0.29) is 11.9 Å². The molecule has 2 N–H and O–H groups in total. The van der Waals surface area contributed by atoms with Gasteiger partial charge in [0, 0.05) is 33.2 Å². The molecule has 26 heavy (non-hydrogen) atoms. The van der Waals surface area contributed by atoms with E-state index in [2.05, 4.69) is 37.4 Å². The number of morpholine rings is 1. The second kappa shape index (κ2) is 9.66. The van der Waals surface area contributed by atoms with Gasteiger partial charge in [-0.2, -0.15) is 11.3 Å². The number of benzene rings is 1. The first-order chi connectivity index (χ1) is 12.8. The number of hydrogen-bond acceptors (Lipinski definition) is 4. The van der Waals surface area contributed by atoms with Crippen molar-refractivity contribution in [2.75, 3.05) is 39.9 Å². The fourth-order valence-electron chi connectivity index (χ4n) is 3.05. The van der Waals surface area contributed by atoms with E-state index < -0.39 is 0 Å². The lowest BCUT2D eigenvalue weighted by molar-refractivity contribution is 0.0169. The first-order valence-electron chi connectivity index (χ1n) is 8.79. The molecule has 1 atom stereocenters. The Morgan fingerprint density at radius 3 is 2.85 bits per heavy atom. The van der Waals surface area contributed by atoms with Gasteiger partial charge in [0.2, 0.25) is 0 Å². The molecule has 7 heteroatoms. The number of hydrogen-bond donors (Lipinski definition) is 2. The molecule has 0 amide bonds. The number of nitrogens with zero attached hydrogens (tertiary/aromatic N) is 2. The Labute approximate surface area is 157 Å². The Morgan fingerprint density at radius 2 is 2.15 bits per heavy atom. The molecule has 1 saturated heterocycles. The van der Waals surface area contributed by atoms with E-state index >= 15 is 0 Å². The van der Waals surface area contributed by atoms with Crippen LogP contribution in [0.4, 0.5) is 4.39 Å². The normalized spacial score (nSPS) is 17.1. The number of aliphatic imine (C=N–C) groups is 1. The van der Waals surface area contributed by atoms with Crippen molar-refractivity contribution >= 4 is 17.3 Å². The van der Waals surface area contributed by atoms with Gasteiger partial charge in [-0.1, -0.05) is 12.1 Å². The van der Waals surface area contributed by atoms with Crippen LogP contribution in [0.1, 0.15) is 17.2 Å². The summed E-state index contributed by atoms with van der Waals surface area (Å²) in [5.74, 6) is 0.534. The van der Waals surface area contributed by atoms with Crippen LogP contribution in [0, 0.1) is 5.82 Å². The minimum absolute atomic E-state index is 0.0642. The van der Waals surface area contributed by atoms with Gasteiger partial charge in [-0.05, 0) is 40.1 Å². The number of halogens is 1. The van der Waals surface area contributed by atoms with Crippen molar-refractivity contribution in [3.05, 3.63) is 58.0 Å². The molecule has 1 aliphatic heterocycles. The van der Waals surface area contributed by atoms with Crippen LogP contribution in [0.15, 0.2) is 46.1 Å². The van der Waals surface area contributed by atoms with E-state index in [0.29, 0.717) is 19.8 Å². The highest BCUT2D eigenvalue weighted by molar-refractivity contribution is 7.07. The lowest BCUT2D eigenvalue weighted by Crippen LogP contribution is -2.46. The Morgan fingerprint density at radius 1 is 1.31 bits per heavy atom. The molecule has 1 unspecified atom stereocenters. The van der Waals surface area contributed by atoms with Gasteiger partial charge in [0.15, 0.2) is 5.96 Å². The van der Waals surface area contributed by atoms with E-state index in [4.69, 9.17) is 4.74 Å². The van der Waals surface area contributed by atoms with Gasteiger partial charge in [-0.15, -0.1) is 0 Å². The number of nitrogens with one attached hydrogen (secondary N) is 2. The predicted molar refractivity (Wildman–Crippen MR) is 104 cm³/mol. The third kappa shape index (κ3) is 5.27. The van der Waals surface area contributed by atoms with Gasteiger partial charge in [0.25, 0.3) is 0 Å². The van der Waals surface area contributed by atoms with Crippen LogP contribution >= 0.6 is 11.3 Å². The Kier molecular flexibility index (Phi) is 6.99.